The van der Waals surface area contributed by atoms with Crippen molar-refractivity contribution in [2.45, 2.75) is 10.8 Å². The van der Waals surface area contributed by atoms with Crippen LogP contribution in [0.5, 0.6) is 0 Å². The van der Waals surface area contributed by atoms with Crippen LogP contribution in [0.1, 0.15) is 16.8 Å². The molecule has 2 amide bonds. The maximum atomic E-state index is 13.9. The van der Waals surface area contributed by atoms with Gasteiger partial charge in [-0.2, -0.15) is 0 Å². The average molecular weight is 403 g/mol. The zero-order chi connectivity index (χ0) is 19.1. The number of alkyl halides is 2. The summed E-state index contributed by atoms with van der Waals surface area (Å²) >= 11 is 11.6. The first-order valence-electron chi connectivity index (χ1n) is 7.42. The predicted octanol–water partition coefficient (Wildman–Crippen LogP) is 4.49. The molecule has 1 aliphatic carbocycles. The highest BCUT2D eigenvalue weighted by Gasteiger charge is 2.56. The van der Waals surface area contributed by atoms with E-state index >= 15 is 0 Å². The fourth-order valence-corrected chi connectivity index (χ4v) is 2.79. The molecular weight excluding hydrogens is 392 g/mol. The number of amides is 2. The molecule has 9 heteroatoms. The number of carbonyl (C=O) groups is 2. The number of carbonyl (C=O) groups excluding carboxylic acids is 2. The van der Waals surface area contributed by atoms with Gasteiger partial charge in [0.1, 0.15) is 21.8 Å². The maximum absolute atomic E-state index is 13.9. The van der Waals surface area contributed by atoms with Crippen LogP contribution in [0.15, 0.2) is 36.4 Å². The third-order valence-electron chi connectivity index (χ3n) is 3.80. The number of rotatable bonds is 4. The van der Waals surface area contributed by atoms with Crippen LogP contribution in [0.3, 0.4) is 0 Å². The number of hydrogen-bond donors (Lipinski definition) is 2. The molecule has 0 aromatic heterocycles. The minimum absolute atomic E-state index is 0.150. The molecule has 2 aromatic carbocycles. The Bertz CT molecular complexity index is 906. The first-order valence-corrected chi connectivity index (χ1v) is 8.17. The van der Waals surface area contributed by atoms with E-state index in [0.717, 1.165) is 24.3 Å². The van der Waals surface area contributed by atoms with Crippen LogP contribution in [0.4, 0.5) is 24.5 Å². The Kier molecular flexibility index (Phi) is 4.86. The van der Waals surface area contributed by atoms with E-state index in [0.29, 0.717) is 12.5 Å². The SMILES string of the molecule is O=C(Nc1ccc(F)cc1F)c1cc(NC(=O)C2CC2(Cl)Cl)ccc1F. The molecule has 1 atom stereocenters. The Morgan fingerprint density at radius 2 is 1.69 bits per heavy atom. The van der Waals surface area contributed by atoms with Gasteiger partial charge >= 0.3 is 0 Å². The second-order valence-electron chi connectivity index (χ2n) is 5.78. The largest absolute Gasteiger partial charge is 0.326 e. The fourth-order valence-electron chi connectivity index (χ4n) is 2.28. The summed E-state index contributed by atoms with van der Waals surface area (Å²) in [6.45, 7) is 0. The molecule has 1 unspecified atom stereocenters. The first kappa shape index (κ1) is 18.5. The number of hydrogen-bond acceptors (Lipinski definition) is 2. The van der Waals surface area contributed by atoms with Crippen molar-refractivity contribution in [3.8, 4) is 0 Å². The van der Waals surface area contributed by atoms with Crippen molar-refractivity contribution >= 4 is 46.4 Å². The van der Waals surface area contributed by atoms with Crippen LogP contribution in [-0.4, -0.2) is 16.1 Å². The highest BCUT2D eigenvalue weighted by molar-refractivity contribution is 6.52. The highest BCUT2D eigenvalue weighted by Crippen LogP contribution is 2.53. The second-order valence-corrected chi connectivity index (χ2v) is 7.32. The van der Waals surface area contributed by atoms with Crippen LogP contribution in [0, 0.1) is 23.4 Å². The zero-order valence-electron chi connectivity index (χ0n) is 13.0. The summed E-state index contributed by atoms with van der Waals surface area (Å²) < 4.78 is 39.3. The van der Waals surface area contributed by atoms with E-state index in [1.54, 1.807) is 0 Å². The van der Waals surface area contributed by atoms with Gasteiger partial charge in [0.15, 0.2) is 0 Å². The summed E-state index contributed by atoms with van der Waals surface area (Å²) in [5.74, 6) is -4.71. The Labute approximate surface area is 156 Å². The van der Waals surface area contributed by atoms with E-state index < -0.39 is 45.1 Å². The lowest BCUT2D eigenvalue weighted by atomic mass is 10.1. The molecule has 1 aliphatic rings. The topological polar surface area (TPSA) is 58.2 Å². The number of nitrogens with one attached hydrogen (secondary N) is 2. The van der Waals surface area contributed by atoms with Gasteiger partial charge in [-0.05, 0) is 36.8 Å². The molecule has 0 bridgehead atoms. The molecule has 136 valence electrons. The molecule has 0 heterocycles. The van der Waals surface area contributed by atoms with Crippen LogP contribution in [0.2, 0.25) is 0 Å². The van der Waals surface area contributed by atoms with Crippen molar-refractivity contribution in [3.63, 3.8) is 0 Å². The lowest BCUT2D eigenvalue weighted by Gasteiger charge is -2.10. The minimum atomic E-state index is -1.12. The molecule has 4 nitrogen and oxygen atoms in total. The van der Waals surface area contributed by atoms with Gasteiger partial charge in [-0.25, -0.2) is 13.2 Å². The Hall–Kier alpha value is -2.25. The lowest BCUT2D eigenvalue weighted by Crippen LogP contribution is -2.19. The summed E-state index contributed by atoms with van der Waals surface area (Å²) in [7, 11) is 0. The van der Waals surface area contributed by atoms with Crippen molar-refractivity contribution in [2.75, 3.05) is 10.6 Å². The van der Waals surface area contributed by atoms with Crippen LogP contribution in [0.25, 0.3) is 0 Å². The average Bonchev–Trinajstić information content (AvgIpc) is 3.20. The van der Waals surface area contributed by atoms with Crippen molar-refractivity contribution in [2.24, 2.45) is 5.92 Å². The lowest BCUT2D eigenvalue weighted by molar-refractivity contribution is -0.117. The molecule has 2 aromatic rings. The van der Waals surface area contributed by atoms with Gasteiger partial charge in [-0.1, -0.05) is 0 Å². The highest BCUT2D eigenvalue weighted by atomic mass is 35.5. The molecular formula is C17H11Cl2F3N2O2. The summed E-state index contributed by atoms with van der Waals surface area (Å²) in [6, 6.07) is 5.88. The normalized spacial score (nSPS) is 17.5. The van der Waals surface area contributed by atoms with E-state index in [4.69, 9.17) is 23.2 Å². The van der Waals surface area contributed by atoms with Gasteiger partial charge in [-0.15, -0.1) is 23.2 Å². The summed E-state index contributed by atoms with van der Waals surface area (Å²) in [5.41, 5.74) is -0.584. The molecule has 0 saturated heterocycles. The monoisotopic (exact) mass is 402 g/mol. The van der Waals surface area contributed by atoms with Gasteiger partial charge in [0.2, 0.25) is 5.91 Å². The van der Waals surface area contributed by atoms with Crippen LogP contribution < -0.4 is 10.6 Å². The standard InChI is InChI=1S/C17H11Cl2F3N2O2/c18-17(19)7-11(17)16(26)23-9-2-3-12(21)10(6-9)15(25)24-14-4-1-8(20)5-13(14)22/h1-6,11H,7H2,(H,23,26)(H,24,25). The van der Waals surface area contributed by atoms with Gasteiger partial charge in [0, 0.05) is 11.8 Å². The fraction of sp³-hybridized carbons (Fsp3) is 0.176. The van der Waals surface area contributed by atoms with Crippen molar-refractivity contribution < 1.29 is 22.8 Å². The molecule has 1 fully saturated rings. The Morgan fingerprint density at radius 3 is 2.31 bits per heavy atom. The van der Waals surface area contributed by atoms with Crippen LogP contribution in [-0.2, 0) is 4.79 Å². The summed E-state index contributed by atoms with van der Waals surface area (Å²) in [4.78, 5) is 24.2. The third kappa shape index (κ3) is 3.94. The summed E-state index contributed by atoms with van der Waals surface area (Å²) in [6.07, 6.45) is 0.292. The van der Waals surface area contributed by atoms with Gasteiger partial charge < -0.3 is 10.6 Å². The van der Waals surface area contributed by atoms with Gasteiger partial charge in [0.05, 0.1) is 17.2 Å². The van der Waals surface area contributed by atoms with E-state index in [2.05, 4.69) is 10.6 Å². The second kappa shape index (κ2) is 6.81. The van der Waals surface area contributed by atoms with Crippen molar-refractivity contribution in [1.82, 2.24) is 0 Å². The van der Waals surface area contributed by atoms with Gasteiger partial charge in [0.25, 0.3) is 5.91 Å². The quantitative estimate of drug-likeness (QED) is 0.740. The molecule has 0 spiro atoms. The zero-order valence-corrected chi connectivity index (χ0v) is 14.5. The Balaban J connectivity index is 1.76. The Morgan fingerprint density at radius 1 is 1.00 bits per heavy atom. The molecule has 2 N–H and O–H groups in total. The first-order chi connectivity index (χ1) is 12.2. The molecule has 3 rings (SSSR count). The smallest absolute Gasteiger partial charge is 0.258 e. The third-order valence-corrected chi connectivity index (χ3v) is 4.64. The van der Waals surface area contributed by atoms with Gasteiger partial charge in [-0.3, -0.25) is 9.59 Å². The van der Waals surface area contributed by atoms with E-state index in [1.165, 1.54) is 6.07 Å². The number of anilines is 2. The molecule has 1 saturated carbocycles. The van der Waals surface area contributed by atoms with Crippen molar-refractivity contribution in [3.05, 3.63) is 59.4 Å². The molecule has 0 aliphatic heterocycles. The number of benzene rings is 2. The van der Waals surface area contributed by atoms with Crippen LogP contribution >= 0.6 is 23.2 Å². The maximum Gasteiger partial charge on any atom is 0.258 e. The van der Waals surface area contributed by atoms with E-state index in [9.17, 15) is 22.8 Å². The summed E-state index contributed by atoms with van der Waals surface area (Å²) in [5, 5.41) is 4.63. The number of halogens is 5. The minimum Gasteiger partial charge on any atom is -0.326 e. The molecule has 0 radical (unpaired) electrons. The van der Waals surface area contributed by atoms with Crippen molar-refractivity contribution in [1.29, 1.82) is 0 Å². The predicted molar refractivity (Wildman–Crippen MR) is 91.9 cm³/mol. The molecule has 26 heavy (non-hydrogen) atoms. The van der Waals surface area contributed by atoms with E-state index in [-0.39, 0.29) is 11.4 Å². The van der Waals surface area contributed by atoms with E-state index in [1.807, 2.05) is 0 Å².